The van der Waals surface area contributed by atoms with Crippen LogP contribution < -0.4 is 22.9 Å². The second-order valence-corrected chi connectivity index (χ2v) is 8.94. The van der Waals surface area contributed by atoms with E-state index in [0.29, 0.717) is 34.6 Å². The third kappa shape index (κ3) is 17.3. The first-order valence-electron chi connectivity index (χ1n) is 13.6. The molecule has 0 aliphatic rings. The molecule has 0 radical (unpaired) electrons. The van der Waals surface area contributed by atoms with Gasteiger partial charge in [-0.1, -0.05) is 0 Å². The fourth-order valence-electron chi connectivity index (χ4n) is 2.73. The van der Waals surface area contributed by atoms with Crippen molar-refractivity contribution in [2.45, 2.75) is 27.7 Å². The van der Waals surface area contributed by atoms with Crippen LogP contribution in [-0.2, 0) is 0 Å². The number of hydrogen-bond donors (Lipinski definition) is 8. The molecule has 0 aromatic carbocycles. The highest BCUT2D eigenvalue weighted by atomic mass is 15.0. The van der Waals surface area contributed by atoms with E-state index in [0.717, 1.165) is 5.56 Å². The summed E-state index contributed by atoms with van der Waals surface area (Å²) in [5.41, 5.74) is 22.9. The molecule has 0 saturated carbocycles. The highest BCUT2D eigenvalue weighted by Gasteiger charge is 2.01. The maximum atomic E-state index is 7.46. The minimum atomic E-state index is -0.0180. The van der Waals surface area contributed by atoms with E-state index in [-0.39, 0.29) is 29.2 Å². The number of aliphatic imine (C=N–C) groups is 4. The van der Waals surface area contributed by atoms with Gasteiger partial charge in [-0.25, -0.2) is 49.9 Å². The molecule has 0 atom stereocenters. The molecule has 4 aromatic rings. The summed E-state index contributed by atoms with van der Waals surface area (Å²) in [6, 6.07) is 6.72. The fourth-order valence-corrected chi connectivity index (χ4v) is 2.73. The summed E-state index contributed by atoms with van der Waals surface area (Å²) < 4.78 is 0. The van der Waals surface area contributed by atoms with E-state index in [2.05, 4.69) is 54.9 Å². The molecule has 4 rings (SSSR count). The highest BCUT2D eigenvalue weighted by molar-refractivity contribution is 6.04. The molecule has 19 heteroatoms. The lowest BCUT2D eigenvalue weighted by molar-refractivity contribution is 1.11. The van der Waals surface area contributed by atoms with Gasteiger partial charge in [-0.15, -0.1) is 0 Å². The Morgan fingerprint density at radius 3 is 1.44 bits per heavy atom. The number of nitrogens with one attached hydrogen (secondary N) is 4. The van der Waals surface area contributed by atoms with Gasteiger partial charge in [-0.2, -0.15) is 0 Å². The molecular formula is C29H37N19. The first kappa shape index (κ1) is 39.0. The van der Waals surface area contributed by atoms with Crippen LogP contribution in [0, 0.1) is 21.6 Å². The molecule has 0 aliphatic carbocycles. The standard InChI is InChI=1S/C8H10N4.3C7H9N5/c1-6(9)12-8(10)7-2-4-11-5-3-7;1-5(8)12-7(9)6-2-10-4-11-3-6;1-5(8)12-7(9)6-2-3-10-4-11-6;1-5(8)12-6(9)7-10-3-2-4-11-7/h2-5H,1H3,(H3,9,10,12);3*2-4H,1H3,(H3,8,9,12). The van der Waals surface area contributed by atoms with Gasteiger partial charge in [0.15, 0.2) is 29.2 Å². The summed E-state index contributed by atoms with van der Waals surface area (Å²) >= 11 is 0. The zero-order valence-corrected chi connectivity index (χ0v) is 26.7. The Balaban J connectivity index is 0.000000320. The second-order valence-electron chi connectivity index (χ2n) is 8.94. The van der Waals surface area contributed by atoms with Gasteiger partial charge in [0.2, 0.25) is 0 Å². The Morgan fingerprint density at radius 1 is 0.500 bits per heavy atom. The summed E-state index contributed by atoms with van der Waals surface area (Å²) in [5, 5.41) is 29.6. The fraction of sp³-hybridized carbons (Fsp3) is 0.138. The van der Waals surface area contributed by atoms with Crippen molar-refractivity contribution < 1.29 is 0 Å². The number of pyridine rings is 1. The lowest BCUT2D eigenvalue weighted by Gasteiger charge is -1.96. The number of amidine groups is 8. The number of nitrogens with zero attached hydrogens (tertiary/aromatic N) is 11. The monoisotopic (exact) mass is 651 g/mol. The van der Waals surface area contributed by atoms with Crippen LogP contribution in [0.3, 0.4) is 0 Å². The van der Waals surface area contributed by atoms with Gasteiger partial charge in [-0.3, -0.25) is 26.6 Å². The average molecular weight is 652 g/mol. The summed E-state index contributed by atoms with van der Waals surface area (Å²) in [7, 11) is 0. The van der Waals surface area contributed by atoms with Crippen molar-refractivity contribution in [3.8, 4) is 0 Å². The summed E-state index contributed by atoms with van der Waals surface area (Å²) in [5.74, 6) is 1.97. The molecule has 19 nitrogen and oxygen atoms in total. The van der Waals surface area contributed by atoms with Crippen molar-refractivity contribution in [3.63, 3.8) is 0 Å². The number of hydrogen-bond acceptors (Lipinski definition) is 11. The Hall–Kier alpha value is -7.05. The van der Waals surface area contributed by atoms with Crippen molar-refractivity contribution in [2.24, 2.45) is 42.9 Å². The number of nitrogens with two attached hydrogens (primary N) is 4. The zero-order valence-electron chi connectivity index (χ0n) is 26.7. The smallest absolute Gasteiger partial charge is 0.197 e. The van der Waals surface area contributed by atoms with E-state index >= 15 is 0 Å². The van der Waals surface area contributed by atoms with Gasteiger partial charge in [0.05, 0.1) is 28.9 Å². The molecule has 0 unspecified atom stereocenters. The first-order valence-corrected chi connectivity index (χ1v) is 13.6. The molecule has 0 saturated heterocycles. The maximum Gasteiger partial charge on any atom is 0.197 e. The van der Waals surface area contributed by atoms with Crippen molar-refractivity contribution in [2.75, 3.05) is 0 Å². The van der Waals surface area contributed by atoms with E-state index in [1.165, 1.54) is 25.0 Å². The summed E-state index contributed by atoms with van der Waals surface area (Å²) in [6.45, 7) is 6.50. The largest absolute Gasteiger partial charge is 0.387 e. The summed E-state index contributed by atoms with van der Waals surface area (Å²) in [6.07, 6.45) is 13.7. The minimum Gasteiger partial charge on any atom is -0.387 e. The molecular weight excluding hydrogens is 614 g/mol. The van der Waals surface area contributed by atoms with Gasteiger partial charge in [0, 0.05) is 48.9 Å². The third-order valence-corrected chi connectivity index (χ3v) is 4.54. The molecule has 0 spiro atoms. The molecule has 0 fully saturated rings. The molecule has 0 aliphatic heterocycles. The third-order valence-electron chi connectivity index (χ3n) is 4.54. The van der Waals surface area contributed by atoms with Gasteiger partial charge in [-0.05, 0) is 52.0 Å². The van der Waals surface area contributed by atoms with E-state index in [4.69, 9.17) is 44.6 Å². The van der Waals surface area contributed by atoms with E-state index in [9.17, 15) is 0 Å². The first-order chi connectivity index (χ1) is 22.8. The van der Waals surface area contributed by atoms with Crippen LogP contribution in [-0.4, -0.2) is 81.6 Å². The van der Waals surface area contributed by atoms with Crippen LogP contribution in [0.25, 0.3) is 0 Å². The lowest BCUT2D eigenvalue weighted by atomic mass is 10.2. The Labute approximate surface area is 276 Å². The Bertz CT molecular complexity index is 1460. The lowest BCUT2D eigenvalue weighted by Crippen LogP contribution is -2.11. The van der Waals surface area contributed by atoms with Crippen LogP contribution >= 0.6 is 0 Å². The summed E-state index contributed by atoms with van der Waals surface area (Å²) in [4.78, 5) is 41.5. The second kappa shape index (κ2) is 21.6. The molecule has 4 aromatic heterocycles. The van der Waals surface area contributed by atoms with Crippen molar-refractivity contribution in [1.82, 2.24) is 34.9 Å². The predicted molar refractivity (Wildman–Crippen MR) is 187 cm³/mol. The van der Waals surface area contributed by atoms with Gasteiger partial charge in [0.1, 0.15) is 18.3 Å². The molecule has 12 N–H and O–H groups in total. The van der Waals surface area contributed by atoms with Crippen LogP contribution in [0.2, 0.25) is 0 Å². The van der Waals surface area contributed by atoms with E-state index in [1.54, 1.807) is 82.9 Å². The highest BCUT2D eigenvalue weighted by Crippen LogP contribution is 1.98. The quantitative estimate of drug-likeness (QED) is 0.115. The van der Waals surface area contributed by atoms with E-state index in [1.807, 2.05) is 0 Å². The van der Waals surface area contributed by atoms with Crippen LogP contribution in [0.1, 0.15) is 50.3 Å². The van der Waals surface area contributed by atoms with Crippen LogP contribution in [0.15, 0.2) is 100 Å². The predicted octanol–water partition coefficient (Wildman–Crippen LogP) is 1.32. The topological polar surface area (TPSA) is 339 Å². The van der Waals surface area contributed by atoms with Crippen molar-refractivity contribution >= 4 is 46.7 Å². The molecule has 48 heavy (non-hydrogen) atoms. The van der Waals surface area contributed by atoms with Gasteiger partial charge in [0.25, 0.3) is 0 Å². The maximum absolute atomic E-state index is 7.46. The average Bonchev–Trinajstić information content (AvgIpc) is 3.06. The molecule has 0 bridgehead atoms. The zero-order chi connectivity index (χ0) is 35.9. The normalized spacial score (nSPS) is 11.2. The van der Waals surface area contributed by atoms with Gasteiger partial charge >= 0.3 is 0 Å². The number of rotatable bonds is 4. The molecule has 4 heterocycles. The van der Waals surface area contributed by atoms with Gasteiger partial charge < -0.3 is 22.9 Å². The SMILES string of the molecule is CC(N)=NC(=N)c1ccncc1.CC(N)=NC(=N)c1ccncn1.CC(N)=NC(=N)c1cncnc1.CC(N)=NC(=N)c1ncccn1. The van der Waals surface area contributed by atoms with E-state index < -0.39 is 0 Å². The minimum absolute atomic E-state index is 0.0180. The molecule has 0 amide bonds. The van der Waals surface area contributed by atoms with Crippen LogP contribution in [0.5, 0.6) is 0 Å². The molecule has 248 valence electrons. The van der Waals surface area contributed by atoms with Crippen molar-refractivity contribution in [3.05, 3.63) is 103 Å². The Kier molecular flexibility index (Phi) is 17.6. The van der Waals surface area contributed by atoms with Crippen molar-refractivity contribution in [1.29, 1.82) is 21.6 Å². The van der Waals surface area contributed by atoms with Crippen LogP contribution in [0.4, 0.5) is 0 Å². The Morgan fingerprint density at radius 2 is 0.958 bits per heavy atom. The number of aromatic nitrogens is 7.